The average Bonchev–Trinajstić information content (AvgIpc) is 2.98. The van der Waals surface area contributed by atoms with Gasteiger partial charge in [0.1, 0.15) is 11.3 Å². The molecule has 0 aromatic carbocycles. The molecular formula is C17H32N2S. The third-order valence-electron chi connectivity index (χ3n) is 4.32. The lowest BCUT2D eigenvalue weighted by Gasteiger charge is -2.27. The van der Waals surface area contributed by atoms with Crippen LogP contribution in [0.25, 0.3) is 0 Å². The van der Waals surface area contributed by atoms with Crippen molar-refractivity contribution in [2.75, 3.05) is 0 Å². The van der Waals surface area contributed by atoms with Gasteiger partial charge in [-0.05, 0) is 24.4 Å². The fourth-order valence-corrected chi connectivity index (χ4v) is 3.41. The highest BCUT2D eigenvalue weighted by atomic mass is 32.1. The Kier molecular flexibility index (Phi) is 9.08. The zero-order valence-electron chi connectivity index (χ0n) is 13.7. The summed E-state index contributed by atoms with van der Waals surface area (Å²) in [5, 5.41) is 0. The maximum absolute atomic E-state index is 4.53. The number of aromatic nitrogens is 2. The van der Waals surface area contributed by atoms with Crippen LogP contribution in [0.3, 0.4) is 0 Å². The van der Waals surface area contributed by atoms with E-state index in [4.69, 9.17) is 0 Å². The van der Waals surface area contributed by atoms with E-state index in [1.165, 1.54) is 82.2 Å². The van der Waals surface area contributed by atoms with Crippen molar-refractivity contribution in [3.05, 3.63) is 11.3 Å². The first kappa shape index (κ1) is 17.6. The lowest BCUT2D eigenvalue weighted by Crippen LogP contribution is -2.23. The summed E-state index contributed by atoms with van der Waals surface area (Å²) < 4.78 is 4.53. The first-order chi connectivity index (χ1) is 9.73. The molecule has 1 heterocycles. The molecule has 0 fully saturated rings. The van der Waals surface area contributed by atoms with Crippen LogP contribution in [0, 0.1) is 0 Å². The van der Waals surface area contributed by atoms with Gasteiger partial charge >= 0.3 is 0 Å². The van der Waals surface area contributed by atoms with Crippen LogP contribution in [0.2, 0.25) is 0 Å². The average molecular weight is 297 g/mol. The second-order valence-electron chi connectivity index (χ2n) is 6.29. The molecule has 0 spiro atoms. The van der Waals surface area contributed by atoms with E-state index >= 15 is 0 Å². The van der Waals surface area contributed by atoms with Gasteiger partial charge in [-0.25, -0.2) is 4.98 Å². The van der Waals surface area contributed by atoms with E-state index in [9.17, 15) is 0 Å². The predicted molar refractivity (Wildman–Crippen MR) is 89.4 cm³/mol. The Morgan fingerprint density at radius 3 is 1.95 bits per heavy atom. The van der Waals surface area contributed by atoms with Crippen LogP contribution in [0.15, 0.2) is 5.51 Å². The predicted octanol–water partition coefficient (Wildman–Crippen LogP) is 6.13. The standard InChI is InChI=1S/C17H32N2S/c1-4-6-8-10-12-14-17(3,13-11-9-7-5-2)16-18-15-20-19-16/h15H,4-14H2,1-3H3. The fraction of sp³-hybridized carbons (Fsp3) is 0.882. The third-order valence-corrected chi connectivity index (χ3v) is 4.79. The van der Waals surface area contributed by atoms with Gasteiger partial charge in [0.25, 0.3) is 0 Å². The van der Waals surface area contributed by atoms with Crippen LogP contribution in [0.5, 0.6) is 0 Å². The zero-order valence-corrected chi connectivity index (χ0v) is 14.5. The summed E-state index contributed by atoms with van der Waals surface area (Å²) in [4.78, 5) is 4.51. The number of hydrogen-bond acceptors (Lipinski definition) is 3. The summed E-state index contributed by atoms with van der Waals surface area (Å²) in [6, 6.07) is 0. The van der Waals surface area contributed by atoms with Gasteiger partial charge in [0, 0.05) is 5.41 Å². The van der Waals surface area contributed by atoms with Crippen molar-refractivity contribution < 1.29 is 0 Å². The highest BCUT2D eigenvalue weighted by Crippen LogP contribution is 2.33. The smallest absolute Gasteiger partial charge is 0.148 e. The van der Waals surface area contributed by atoms with E-state index in [1.807, 2.05) is 5.51 Å². The number of rotatable bonds is 12. The van der Waals surface area contributed by atoms with Gasteiger partial charge in [0.15, 0.2) is 0 Å². The maximum Gasteiger partial charge on any atom is 0.148 e. The molecule has 1 aromatic heterocycles. The first-order valence-electron chi connectivity index (χ1n) is 8.50. The van der Waals surface area contributed by atoms with Crippen molar-refractivity contribution in [1.82, 2.24) is 9.36 Å². The Morgan fingerprint density at radius 2 is 1.45 bits per heavy atom. The summed E-state index contributed by atoms with van der Waals surface area (Å²) in [5.41, 5.74) is 2.09. The van der Waals surface area contributed by atoms with Crippen LogP contribution >= 0.6 is 11.5 Å². The van der Waals surface area contributed by atoms with E-state index < -0.39 is 0 Å². The van der Waals surface area contributed by atoms with Crippen LogP contribution in [-0.2, 0) is 5.41 Å². The quantitative estimate of drug-likeness (QED) is 0.434. The topological polar surface area (TPSA) is 25.8 Å². The van der Waals surface area contributed by atoms with Crippen molar-refractivity contribution >= 4 is 11.5 Å². The van der Waals surface area contributed by atoms with Gasteiger partial charge in [-0.15, -0.1) is 0 Å². The third kappa shape index (κ3) is 6.34. The summed E-state index contributed by atoms with van der Waals surface area (Å²) in [6.45, 7) is 6.92. The van der Waals surface area contributed by atoms with E-state index in [1.54, 1.807) is 0 Å². The Morgan fingerprint density at radius 1 is 0.900 bits per heavy atom. The number of nitrogens with zero attached hydrogens (tertiary/aromatic N) is 2. The highest BCUT2D eigenvalue weighted by Gasteiger charge is 2.29. The molecular weight excluding hydrogens is 264 g/mol. The largest absolute Gasteiger partial charge is 0.227 e. The molecule has 0 radical (unpaired) electrons. The van der Waals surface area contributed by atoms with Crippen LogP contribution in [-0.4, -0.2) is 9.36 Å². The molecule has 0 saturated heterocycles. The van der Waals surface area contributed by atoms with Gasteiger partial charge in [-0.1, -0.05) is 78.6 Å². The zero-order chi connectivity index (χ0) is 14.7. The van der Waals surface area contributed by atoms with E-state index in [0.29, 0.717) is 0 Å². The van der Waals surface area contributed by atoms with Crippen LogP contribution < -0.4 is 0 Å². The molecule has 1 rings (SSSR count). The monoisotopic (exact) mass is 296 g/mol. The molecule has 1 unspecified atom stereocenters. The summed E-state index contributed by atoms with van der Waals surface area (Å²) in [5.74, 6) is 1.09. The molecule has 20 heavy (non-hydrogen) atoms. The molecule has 0 aliphatic heterocycles. The van der Waals surface area contributed by atoms with Gasteiger partial charge in [0.05, 0.1) is 0 Å². The van der Waals surface area contributed by atoms with Gasteiger partial charge in [-0.2, -0.15) is 4.37 Å². The molecule has 0 amide bonds. The lowest BCUT2D eigenvalue weighted by molar-refractivity contribution is 0.348. The summed E-state index contributed by atoms with van der Waals surface area (Å²) >= 11 is 1.50. The summed E-state index contributed by atoms with van der Waals surface area (Å²) in [6.07, 6.45) is 14.6. The van der Waals surface area contributed by atoms with Crippen LogP contribution in [0.4, 0.5) is 0 Å². The second kappa shape index (κ2) is 10.3. The van der Waals surface area contributed by atoms with Crippen molar-refractivity contribution in [1.29, 1.82) is 0 Å². The molecule has 1 atom stereocenters. The lowest BCUT2D eigenvalue weighted by atomic mass is 9.79. The van der Waals surface area contributed by atoms with Crippen molar-refractivity contribution in [3.8, 4) is 0 Å². The molecule has 3 heteroatoms. The normalized spacial score (nSPS) is 14.3. The number of unbranched alkanes of at least 4 members (excludes halogenated alkanes) is 7. The molecule has 0 saturated carbocycles. The molecule has 2 nitrogen and oxygen atoms in total. The van der Waals surface area contributed by atoms with E-state index in [0.717, 1.165) is 5.82 Å². The minimum atomic E-state index is 0.208. The minimum absolute atomic E-state index is 0.208. The van der Waals surface area contributed by atoms with Crippen LogP contribution in [0.1, 0.15) is 97.2 Å². The Hall–Kier alpha value is -0.440. The second-order valence-corrected chi connectivity index (χ2v) is 6.89. The van der Waals surface area contributed by atoms with Gasteiger partial charge < -0.3 is 0 Å². The molecule has 0 N–H and O–H groups in total. The minimum Gasteiger partial charge on any atom is -0.227 e. The van der Waals surface area contributed by atoms with Crippen molar-refractivity contribution in [3.63, 3.8) is 0 Å². The Balaban J connectivity index is 2.43. The molecule has 1 aromatic rings. The first-order valence-corrected chi connectivity index (χ1v) is 9.33. The molecule has 0 aliphatic carbocycles. The highest BCUT2D eigenvalue weighted by molar-refractivity contribution is 7.03. The van der Waals surface area contributed by atoms with Crippen molar-refractivity contribution in [2.24, 2.45) is 0 Å². The number of hydrogen-bond donors (Lipinski definition) is 0. The fourth-order valence-electron chi connectivity index (χ4n) is 2.85. The molecule has 0 bridgehead atoms. The molecule has 0 aliphatic rings. The van der Waals surface area contributed by atoms with Gasteiger partial charge in [0.2, 0.25) is 0 Å². The van der Waals surface area contributed by atoms with E-state index in [-0.39, 0.29) is 5.41 Å². The maximum atomic E-state index is 4.53. The van der Waals surface area contributed by atoms with E-state index in [2.05, 4.69) is 30.1 Å². The van der Waals surface area contributed by atoms with Gasteiger partial charge in [-0.3, -0.25) is 0 Å². The molecule has 116 valence electrons. The SMILES string of the molecule is CCCCCCCC(C)(CCCCCC)c1ncsn1. The Bertz CT molecular complexity index is 324. The summed E-state index contributed by atoms with van der Waals surface area (Å²) in [7, 11) is 0. The van der Waals surface area contributed by atoms with Crippen molar-refractivity contribution in [2.45, 2.75) is 96.8 Å². The Labute approximate surface area is 129 Å².